The molecule has 0 spiro atoms. The van der Waals surface area contributed by atoms with Gasteiger partial charge in [0.1, 0.15) is 5.75 Å². The molecule has 0 heterocycles. The van der Waals surface area contributed by atoms with E-state index in [2.05, 4.69) is 19.9 Å². The van der Waals surface area contributed by atoms with Gasteiger partial charge in [0, 0.05) is 11.1 Å². The second kappa shape index (κ2) is 7.07. The Morgan fingerprint density at radius 3 is 2.38 bits per heavy atom. The minimum atomic E-state index is 0.0437. The molecule has 21 heavy (non-hydrogen) atoms. The van der Waals surface area contributed by atoms with Crippen LogP contribution in [0.4, 0.5) is 0 Å². The third-order valence-electron chi connectivity index (χ3n) is 3.24. The number of carbonyl (C=O) groups is 1. The molecule has 0 aliphatic carbocycles. The summed E-state index contributed by atoms with van der Waals surface area (Å²) in [5.41, 5.74) is 2.61. The monoisotopic (exact) mass is 282 g/mol. The topological polar surface area (TPSA) is 26.3 Å². The second-order valence-electron chi connectivity index (χ2n) is 5.59. The van der Waals surface area contributed by atoms with Crippen LogP contribution >= 0.6 is 0 Å². The Hall–Kier alpha value is -2.09. The molecule has 2 rings (SSSR count). The maximum Gasteiger partial charge on any atom is 0.193 e. The molecule has 0 N–H and O–H groups in total. The van der Waals surface area contributed by atoms with E-state index in [1.54, 1.807) is 6.07 Å². The van der Waals surface area contributed by atoms with Crippen LogP contribution in [0.5, 0.6) is 5.75 Å². The molecule has 0 fully saturated rings. The SMILES string of the molecule is CCOc1cccc(C(=O)c2cccc(CC(C)C)c2)c1. The highest BCUT2D eigenvalue weighted by atomic mass is 16.5. The van der Waals surface area contributed by atoms with Crippen LogP contribution in [0.1, 0.15) is 42.3 Å². The molecule has 0 unspecified atom stereocenters. The zero-order chi connectivity index (χ0) is 15.2. The van der Waals surface area contributed by atoms with E-state index in [-0.39, 0.29) is 5.78 Å². The summed E-state index contributed by atoms with van der Waals surface area (Å²) >= 11 is 0. The Bertz CT molecular complexity index is 614. The predicted molar refractivity (Wildman–Crippen MR) is 86.0 cm³/mol. The summed E-state index contributed by atoms with van der Waals surface area (Å²) in [5, 5.41) is 0. The molecule has 0 radical (unpaired) electrons. The van der Waals surface area contributed by atoms with Crippen LogP contribution in [-0.4, -0.2) is 12.4 Å². The Kier molecular flexibility index (Phi) is 5.15. The molecule has 110 valence electrons. The third kappa shape index (κ3) is 4.19. The maximum absolute atomic E-state index is 12.6. The molecule has 0 amide bonds. The van der Waals surface area contributed by atoms with E-state index in [1.165, 1.54) is 5.56 Å². The Morgan fingerprint density at radius 1 is 1.05 bits per heavy atom. The highest BCUT2D eigenvalue weighted by molar-refractivity contribution is 6.09. The van der Waals surface area contributed by atoms with Crippen molar-refractivity contribution in [1.29, 1.82) is 0 Å². The van der Waals surface area contributed by atoms with Crippen LogP contribution in [0, 0.1) is 5.92 Å². The first kappa shape index (κ1) is 15.3. The van der Waals surface area contributed by atoms with Crippen molar-refractivity contribution in [3.8, 4) is 5.75 Å². The highest BCUT2D eigenvalue weighted by Crippen LogP contribution is 2.18. The van der Waals surface area contributed by atoms with Gasteiger partial charge in [0.15, 0.2) is 5.78 Å². The van der Waals surface area contributed by atoms with Crippen LogP contribution < -0.4 is 4.74 Å². The molecule has 0 aliphatic heterocycles. The summed E-state index contributed by atoms with van der Waals surface area (Å²) in [5.74, 6) is 1.36. The van der Waals surface area contributed by atoms with Crippen molar-refractivity contribution >= 4 is 5.78 Å². The first-order valence-electron chi connectivity index (χ1n) is 7.46. The van der Waals surface area contributed by atoms with Crippen molar-refractivity contribution in [2.45, 2.75) is 27.2 Å². The van der Waals surface area contributed by atoms with Gasteiger partial charge in [-0.05, 0) is 43.0 Å². The zero-order valence-electron chi connectivity index (χ0n) is 12.9. The fraction of sp³-hybridized carbons (Fsp3) is 0.316. The van der Waals surface area contributed by atoms with Crippen molar-refractivity contribution in [2.75, 3.05) is 6.61 Å². The van der Waals surface area contributed by atoms with Crippen molar-refractivity contribution < 1.29 is 9.53 Å². The first-order chi connectivity index (χ1) is 10.1. The highest BCUT2D eigenvalue weighted by Gasteiger charge is 2.11. The number of carbonyl (C=O) groups excluding carboxylic acids is 1. The summed E-state index contributed by atoms with van der Waals surface area (Å²) < 4.78 is 5.46. The molecular formula is C19H22O2. The Labute approximate surface area is 126 Å². The van der Waals surface area contributed by atoms with Gasteiger partial charge in [0.05, 0.1) is 6.61 Å². The quantitative estimate of drug-likeness (QED) is 0.728. The number of benzene rings is 2. The molecule has 0 atom stereocenters. The summed E-state index contributed by atoms with van der Waals surface area (Å²) in [6, 6.07) is 15.3. The number of hydrogen-bond acceptors (Lipinski definition) is 2. The van der Waals surface area contributed by atoms with E-state index in [1.807, 2.05) is 43.3 Å². The van der Waals surface area contributed by atoms with Crippen LogP contribution in [0.15, 0.2) is 48.5 Å². The van der Waals surface area contributed by atoms with E-state index in [4.69, 9.17) is 4.74 Å². The molecule has 2 heteroatoms. The maximum atomic E-state index is 12.6. The van der Waals surface area contributed by atoms with Crippen LogP contribution in [0.3, 0.4) is 0 Å². The fourth-order valence-corrected chi connectivity index (χ4v) is 2.37. The van der Waals surface area contributed by atoms with Gasteiger partial charge in [0.25, 0.3) is 0 Å². The lowest BCUT2D eigenvalue weighted by atomic mass is 9.97. The van der Waals surface area contributed by atoms with Crippen molar-refractivity contribution in [2.24, 2.45) is 5.92 Å². The van der Waals surface area contributed by atoms with E-state index in [0.717, 1.165) is 17.7 Å². The van der Waals surface area contributed by atoms with Crippen molar-refractivity contribution in [3.63, 3.8) is 0 Å². The van der Waals surface area contributed by atoms with Gasteiger partial charge in [-0.25, -0.2) is 0 Å². The van der Waals surface area contributed by atoms with Crippen LogP contribution in [0.2, 0.25) is 0 Å². The van der Waals surface area contributed by atoms with Gasteiger partial charge in [-0.1, -0.05) is 44.2 Å². The fourth-order valence-electron chi connectivity index (χ4n) is 2.37. The average molecular weight is 282 g/mol. The summed E-state index contributed by atoms with van der Waals surface area (Å²) in [4.78, 5) is 12.6. The van der Waals surface area contributed by atoms with Gasteiger partial charge < -0.3 is 4.74 Å². The molecule has 2 aromatic rings. The predicted octanol–water partition coefficient (Wildman–Crippen LogP) is 4.51. The standard InChI is InChI=1S/C19H22O2/c1-4-21-18-10-6-9-17(13-18)19(20)16-8-5-7-15(12-16)11-14(2)3/h5-10,12-14H,4,11H2,1-3H3. The average Bonchev–Trinajstić information content (AvgIpc) is 2.47. The second-order valence-corrected chi connectivity index (χ2v) is 5.59. The number of rotatable bonds is 6. The summed E-state index contributed by atoms with van der Waals surface area (Å²) in [7, 11) is 0. The van der Waals surface area contributed by atoms with Crippen molar-refractivity contribution in [3.05, 3.63) is 65.2 Å². The van der Waals surface area contributed by atoms with E-state index in [9.17, 15) is 4.79 Å². The Morgan fingerprint density at radius 2 is 1.71 bits per heavy atom. The molecule has 0 aliphatic rings. The largest absolute Gasteiger partial charge is 0.494 e. The molecular weight excluding hydrogens is 260 g/mol. The smallest absolute Gasteiger partial charge is 0.193 e. The third-order valence-corrected chi connectivity index (χ3v) is 3.24. The lowest BCUT2D eigenvalue weighted by Gasteiger charge is -2.08. The molecule has 0 aromatic heterocycles. The number of hydrogen-bond donors (Lipinski definition) is 0. The normalized spacial score (nSPS) is 10.7. The first-order valence-corrected chi connectivity index (χ1v) is 7.46. The van der Waals surface area contributed by atoms with Crippen LogP contribution in [-0.2, 0) is 6.42 Å². The van der Waals surface area contributed by atoms with Gasteiger partial charge in [-0.3, -0.25) is 4.79 Å². The molecule has 2 nitrogen and oxygen atoms in total. The molecule has 2 aromatic carbocycles. The van der Waals surface area contributed by atoms with Gasteiger partial charge in [-0.2, -0.15) is 0 Å². The lowest BCUT2D eigenvalue weighted by molar-refractivity contribution is 0.103. The number of ketones is 1. The Balaban J connectivity index is 2.25. The molecule has 0 saturated carbocycles. The van der Waals surface area contributed by atoms with Crippen molar-refractivity contribution in [1.82, 2.24) is 0 Å². The van der Waals surface area contributed by atoms with Gasteiger partial charge >= 0.3 is 0 Å². The van der Waals surface area contributed by atoms with E-state index in [0.29, 0.717) is 18.1 Å². The van der Waals surface area contributed by atoms with E-state index < -0.39 is 0 Å². The van der Waals surface area contributed by atoms with Gasteiger partial charge in [-0.15, -0.1) is 0 Å². The lowest BCUT2D eigenvalue weighted by Crippen LogP contribution is -2.03. The summed E-state index contributed by atoms with van der Waals surface area (Å²) in [6.45, 7) is 6.89. The molecule has 0 saturated heterocycles. The van der Waals surface area contributed by atoms with Crippen LogP contribution in [0.25, 0.3) is 0 Å². The minimum absolute atomic E-state index is 0.0437. The minimum Gasteiger partial charge on any atom is -0.494 e. The molecule has 0 bridgehead atoms. The summed E-state index contributed by atoms with van der Waals surface area (Å²) in [6.07, 6.45) is 0.986. The van der Waals surface area contributed by atoms with E-state index >= 15 is 0 Å². The van der Waals surface area contributed by atoms with Gasteiger partial charge in [0.2, 0.25) is 0 Å². The zero-order valence-corrected chi connectivity index (χ0v) is 12.9. The number of ether oxygens (including phenoxy) is 1.